The van der Waals surface area contributed by atoms with E-state index in [0.29, 0.717) is 0 Å². The fourth-order valence-electron chi connectivity index (χ4n) is 2.17. The molecule has 1 aliphatic rings. The minimum atomic E-state index is 0.805. The van der Waals surface area contributed by atoms with E-state index in [1.807, 2.05) is 36.7 Å². The second-order valence-electron chi connectivity index (χ2n) is 4.32. The van der Waals surface area contributed by atoms with Gasteiger partial charge in [0, 0.05) is 31.2 Å². The Kier molecular flexibility index (Phi) is 3.24. The average molecular weight is 239 g/mol. The summed E-state index contributed by atoms with van der Waals surface area (Å²) < 4.78 is 5.38. The van der Waals surface area contributed by atoms with Crippen LogP contribution in [0.5, 0.6) is 0 Å². The molecular formula is C15H15N2O. The molecule has 0 amide bonds. The van der Waals surface area contributed by atoms with Gasteiger partial charge in [0.1, 0.15) is 0 Å². The molecule has 1 aliphatic heterocycles. The number of morpholine rings is 1. The topological polar surface area (TPSA) is 25.4 Å². The van der Waals surface area contributed by atoms with Crippen molar-refractivity contribution in [1.82, 2.24) is 4.98 Å². The van der Waals surface area contributed by atoms with Gasteiger partial charge in [0.15, 0.2) is 0 Å². The van der Waals surface area contributed by atoms with Crippen molar-refractivity contribution in [3.63, 3.8) is 0 Å². The highest BCUT2D eigenvalue weighted by Crippen LogP contribution is 2.24. The lowest BCUT2D eigenvalue weighted by Crippen LogP contribution is -2.36. The second-order valence-corrected chi connectivity index (χ2v) is 4.32. The van der Waals surface area contributed by atoms with Crippen molar-refractivity contribution in [1.29, 1.82) is 0 Å². The Bertz CT molecular complexity index is 507. The van der Waals surface area contributed by atoms with Crippen LogP contribution in [0.15, 0.2) is 42.7 Å². The van der Waals surface area contributed by atoms with E-state index in [1.165, 1.54) is 16.8 Å². The zero-order valence-electron chi connectivity index (χ0n) is 10.2. The van der Waals surface area contributed by atoms with Crippen LogP contribution < -0.4 is 4.90 Å². The monoisotopic (exact) mass is 239 g/mol. The number of aromatic nitrogens is 1. The number of hydrogen-bond acceptors (Lipinski definition) is 3. The molecule has 0 spiro atoms. The van der Waals surface area contributed by atoms with Gasteiger partial charge >= 0.3 is 0 Å². The van der Waals surface area contributed by atoms with E-state index < -0.39 is 0 Å². The molecule has 0 unspecified atom stereocenters. The summed E-state index contributed by atoms with van der Waals surface area (Å²) in [6.07, 6.45) is 3.63. The van der Waals surface area contributed by atoms with Gasteiger partial charge in [-0.15, -0.1) is 0 Å². The molecule has 0 N–H and O–H groups in total. The van der Waals surface area contributed by atoms with Gasteiger partial charge in [0.05, 0.1) is 13.2 Å². The number of benzene rings is 1. The third-order valence-electron chi connectivity index (χ3n) is 3.16. The van der Waals surface area contributed by atoms with Crippen molar-refractivity contribution in [2.75, 3.05) is 31.2 Å². The summed E-state index contributed by atoms with van der Waals surface area (Å²) in [4.78, 5) is 6.38. The van der Waals surface area contributed by atoms with E-state index in [1.54, 1.807) is 0 Å². The molecule has 1 radical (unpaired) electrons. The molecule has 1 aromatic heterocycles. The van der Waals surface area contributed by atoms with E-state index in [4.69, 9.17) is 4.74 Å². The van der Waals surface area contributed by atoms with Crippen molar-refractivity contribution in [2.45, 2.75) is 0 Å². The molecule has 2 aromatic rings. The Morgan fingerprint density at radius 1 is 1.06 bits per heavy atom. The van der Waals surface area contributed by atoms with Gasteiger partial charge in [-0.05, 0) is 47.5 Å². The van der Waals surface area contributed by atoms with Crippen molar-refractivity contribution in [2.24, 2.45) is 0 Å². The SMILES string of the molecule is [c]1cc(-c2ccncc2)cc(N2CCOCC2)c1. The molecule has 3 heteroatoms. The minimum absolute atomic E-state index is 0.805. The lowest BCUT2D eigenvalue weighted by atomic mass is 10.1. The maximum absolute atomic E-state index is 5.38. The number of nitrogens with zero attached hydrogens (tertiary/aromatic N) is 2. The van der Waals surface area contributed by atoms with Crippen molar-refractivity contribution < 1.29 is 4.74 Å². The highest BCUT2D eigenvalue weighted by Gasteiger charge is 2.11. The number of pyridine rings is 1. The smallest absolute Gasteiger partial charge is 0.0642 e. The molecule has 0 atom stereocenters. The van der Waals surface area contributed by atoms with E-state index in [-0.39, 0.29) is 0 Å². The Hall–Kier alpha value is -1.87. The maximum atomic E-state index is 5.38. The molecule has 3 nitrogen and oxygen atoms in total. The van der Waals surface area contributed by atoms with Crippen LogP contribution in [0.25, 0.3) is 11.1 Å². The highest BCUT2D eigenvalue weighted by atomic mass is 16.5. The van der Waals surface area contributed by atoms with E-state index in [2.05, 4.69) is 22.0 Å². The Balaban J connectivity index is 1.89. The summed E-state index contributed by atoms with van der Waals surface area (Å²) in [5, 5.41) is 0. The van der Waals surface area contributed by atoms with Crippen LogP contribution in [0, 0.1) is 6.07 Å². The lowest BCUT2D eigenvalue weighted by molar-refractivity contribution is 0.122. The molecular weight excluding hydrogens is 224 g/mol. The summed E-state index contributed by atoms with van der Waals surface area (Å²) in [5.74, 6) is 0. The third kappa shape index (κ3) is 2.36. The van der Waals surface area contributed by atoms with Crippen LogP contribution in [-0.4, -0.2) is 31.3 Å². The normalized spacial score (nSPS) is 15.7. The molecule has 3 rings (SSSR count). The predicted octanol–water partition coefficient (Wildman–Crippen LogP) is 2.39. The quantitative estimate of drug-likeness (QED) is 0.804. The van der Waals surface area contributed by atoms with E-state index >= 15 is 0 Å². The van der Waals surface area contributed by atoms with Gasteiger partial charge in [-0.2, -0.15) is 0 Å². The lowest BCUT2D eigenvalue weighted by Gasteiger charge is -2.29. The summed E-state index contributed by atoms with van der Waals surface area (Å²) >= 11 is 0. The molecule has 2 heterocycles. The zero-order chi connectivity index (χ0) is 12.2. The largest absolute Gasteiger partial charge is 0.378 e. The van der Waals surface area contributed by atoms with Gasteiger partial charge in [-0.1, -0.05) is 0 Å². The Labute approximate surface area is 107 Å². The van der Waals surface area contributed by atoms with Crippen LogP contribution in [0.3, 0.4) is 0 Å². The number of rotatable bonds is 2. The zero-order valence-corrected chi connectivity index (χ0v) is 10.2. The van der Waals surface area contributed by atoms with Gasteiger partial charge in [-0.25, -0.2) is 0 Å². The third-order valence-corrected chi connectivity index (χ3v) is 3.16. The number of hydrogen-bond donors (Lipinski definition) is 0. The molecule has 1 saturated heterocycles. The molecule has 18 heavy (non-hydrogen) atoms. The standard InChI is InChI=1S/C15H15N2O/c1-2-14(13-4-6-16-7-5-13)12-15(3-1)17-8-10-18-11-9-17/h2-7,12H,8-11H2. The summed E-state index contributed by atoms with van der Waals surface area (Å²) in [7, 11) is 0. The van der Waals surface area contributed by atoms with Gasteiger partial charge < -0.3 is 9.64 Å². The first-order chi connectivity index (χ1) is 8.93. The Morgan fingerprint density at radius 3 is 2.61 bits per heavy atom. The van der Waals surface area contributed by atoms with Crippen LogP contribution in [0.2, 0.25) is 0 Å². The average Bonchev–Trinajstić information content (AvgIpc) is 2.49. The first-order valence-corrected chi connectivity index (χ1v) is 6.18. The summed E-state index contributed by atoms with van der Waals surface area (Å²) in [6.45, 7) is 3.51. The molecule has 91 valence electrons. The van der Waals surface area contributed by atoms with Gasteiger partial charge in [-0.3, -0.25) is 4.98 Å². The molecule has 0 bridgehead atoms. The first-order valence-electron chi connectivity index (χ1n) is 6.18. The summed E-state index contributed by atoms with van der Waals surface area (Å²) in [6, 6.07) is 13.5. The molecule has 1 aromatic carbocycles. The number of anilines is 1. The van der Waals surface area contributed by atoms with Crippen LogP contribution >= 0.6 is 0 Å². The van der Waals surface area contributed by atoms with E-state index in [9.17, 15) is 0 Å². The van der Waals surface area contributed by atoms with Crippen LogP contribution in [0.1, 0.15) is 0 Å². The van der Waals surface area contributed by atoms with Crippen molar-refractivity contribution in [3.05, 3.63) is 48.8 Å². The fourth-order valence-corrected chi connectivity index (χ4v) is 2.17. The highest BCUT2D eigenvalue weighted by molar-refractivity contribution is 5.67. The van der Waals surface area contributed by atoms with Gasteiger partial charge in [0.25, 0.3) is 0 Å². The van der Waals surface area contributed by atoms with Crippen molar-refractivity contribution >= 4 is 5.69 Å². The molecule has 0 aliphatic carbocycles. The van der Waals surface area contributed by atoms with Crippen molar-refractivity contribution in [3.8, 4) is 11.1 Å². The maximum Gasteiger partial charge on any atom is 0.0642 e. The Morgan fingerprint density at radius 2 is 1.83 bits per heavy atom. The van der Waals surface area contributed by atoms with Crippen LogP contribution in [-0.2, 0) is 4.74 Å². The molecule has 1 fully saturated rings. The predicted molar refractivity (Wildman–Crippen MR) is 71.5 cm³/mol. The van der Waals surface area contributed by atoms with E-state index in [0.717, 1.165) is 26.3 Å². The minimum Gasteiger partial charge on any atom is -0.378 e. The van der Waals surface area contributed by atoms with Crippen LogP contribution in [0.4, 0.5) is 5.69 Å². The first kappa shape index (κ1) is 11.2. The molecule has 0 saturated carbocycles. The summed E-state index contributed by atoms with van der Waals surface area (Å²) in [5.41, 5.74) is 3.57. The number of ether oxygens (including phenoxy) is 1. The van der Waals surface area contributed by atoms with Gasteiger partial charge in [0.2, 0.25) is 0 Å². The fraction of sp³-hybridized carbons (Fsp3) is 0.267. The second kappa shape index (κ2) is 5.19.